The predicted octanol–water partition coefficient (Wildman–Crippen LogP) is 2.85. The van der Waals surface area contributed by atoms with Crippen LogP contribution in [-0.2, 0) is 0 Å². The standard InChI is InChI=1S/C8H6ClIO2/c1-4(11)5-2-6(9)8(10)7(12)3-5/h2-3,12H,1H3. The maximum absolute atomic E-state index is 10.9. The number of phenols is 1. The molecule has 0 aliphatic carbocycles. The Hall–Kier alpha value is -0.290. The Bertz CT molecular complexity index is 313. The fourth-order valence-electron chi connectivity index (χ4n) is 0.778. The molecule has 0 aliphatic heterocycles. The van der Waals surface area contributed by atoms with Crippen LogP contribution in [0.5, 0.6) is 5.75 Å². The SMILES string of the molecule is CC(=O)c1cc(O)c(I)c(Cl)c1. The van der Waals surface area contributed by atoms with Gasteiger partial charge in [0.05, 0.1) is 8.59 Å². The first-order valence-corrected chi connectivity index (χ1v) is 4.67. The molecule has 0 aromatic heterocycles. The molecule has 0 amide bonds. The van der Waals surface area contributed by atoms with E-state index in [4.69, 9.17) is 11.6 Å². The van der Waals surface area contributed by atoms with Gasteiger partial charge in [0.2, 0.25) is 0 Å². The van der Waals surface area contributed by atoms with E-state index in [0.717, 1.165) is 0 Å². The first-order valence-electron chi connectivity index (χ1n) is 3.21. The average molecular weight is 296 g/mol. The minimum Gasteiger partial charge on any atom is -0.507 e. The number of ketones is 1. The molecule has 0 bridgehead atoms. The molecule has 64 valence electrons. The summed E-state index contributed by atoms with van der Waals surface area (Å²) in [5.41, 5.74) is 0.429. The van der Waals surface area contributed by atoms with E-state index in [0.29, 0.717) is 14.2 Å². The molecule has 1 N–H and O–H groups in total. The van der Waals surface area contributed by atoms with Gasteiger partial charge in [0.25, 0.3) is 0 Å². The molecule has 0 saturated carbocycles. The molecular weight excluding hydrogens is 290 g/mol. The Morgan fingerprint density at radius 3 is 2.58 bits per heavy atom. The number of benzene rings is 1. The maximum Gasteiger partial charge on any atom is 0.159 e. The minimum atomic E-state index is -0.108. The topological polar surface area (TPSA) is 37.3 Å². The van der Waals surface area contributed by atoms with Crippen molar-refractivity contribution in [2.75, 3.05) is 0 Å². The van der Waals surface area contributed by atoms with E-state index in [1.807, 2.05) is 22.6 Å². The number of phenolic OH excluding ortho intramolecular Hbond substituents is 1. The molecule has 0 radical (unpaired) electrons. The molecule has 0 saturated heterocycles. The van der Waals surface area contributed by atoms with Gasteiger partial charge in [-0.15, -0.1) is 0 Å². The van der Waals surface area contributed by atoms with Gasteiger partial charge >= 0.3 is 0 Å². The molecule has 0 heterocycles. The minimum absolute atomic E-state index is 0.0494. The zero-order valence-electron chi connectivity index (χ0n) is 6.27. The van der Waals surface area contributed by atoms with Gasteiger partial charge in [0.1, 0.15) is 5.75 Å². The number of rotatable bonds is 1. The molecule has 0 atom stereocenters. The summed E-state index contributed by atoms with van der Waals surface area (Å²) in [6, 6.07) is 2.96. The van der Waals surface area contributed by atoms with Crippen molar-refractivity contribution in [2.45, 2.75) is 6.92 Å². The third-order valence-corrected chi connectivity index (χ3v) is 3.17. The maximum atomic E-state index is 10.9. The van der Waals surface area contributed by atoms with Crippen LogP contribution in [-0.4, -0.2) is 10.9 Å². The highest BCUT2D eigenvalue weighted by molar-refractivity contribution is 14.1. The first kappa shape index (κ1) is 9.80. The molecule has 1 rings (SSSR count). The van der Waals surface area contributed by atoms with E-state index in [1.54, 1.807) is 6.07 Å². The molecule has 12 heavy (non-hydrogen) atoms. The van der Waals surface area contributed by atoms with E-state index in [-0.39, 0.29) is 11.5 Å². The smallest absolute Gasteiger partial charge is 0.159 e. The van der Waals surface area contributed by atoms with Crippen LogP contribution in [0.25, 0.3) is 0 Å². The number of aromatic hydroxyl groups is 1. The predicted molar refractivity (Wildman–Crippen MR) is 55.8 cm³/mol. The Morgan fingerprint density at radius 1 is 1.58 bits per heavy atom. The van der Waals surface area contributed by atoms with Gasteiger partial charge in [0, 0.05) is 5.56 Å². The monoisotopic (exact) mass is 296 g/mol. The van der Waals surface area contributed by atoms with Crippen LogP contribution in [0, 0.1) is 3.57 Å². The third kappa shape index (κ3) is 1.90. The highest BCUT2D eigenvalue weighted by Gasteiger charge is 2.08. The highest BCUT2D eigenvalue weighted by Crippen LogP contribution is 2.28. The fourth-order valence-corrected chi connectivity index (χ4v) is 1.30. The Labute approximate surface area is 88.7 Å². The van der Waals surface area contributed by atoms with E-state index >= 15 is 0 Å². The molecule has 4 heteroatoms. The van der Waals surface area contributed by atoms with Crippen molar-refractivity contribution in [3.05, 3.63) is 26.3 Å². The summed E-state index contributed by atoms with van der Waals surface area (Å²) < 4.78 is 0.569. The van der Waals surface area contributed by atoms with Gasteiger partial charge in [-0.1, -0.05) is 11.6 Å². The normalized spacial score (nSPS) is 9.92. The van der Waals surface area contributed by atoms with Crippen molar-refractivity contribution in [3.8, 4) is 5.75 Å². The lowest BCUT2D eigenvalue weighted by molar-refractivity contribution is 0.101. The van der Waals surface area contributed by atoms with Crippen LogP contribution in [0.3, 0.4) is 0 Å². The lowest BCUT2D eigenvalue weighted by atomic mass is 10.1. The van der Waals surface area contributed by atoms with Gasteiger partial charge in [0.15, 0.2) is 5.78 Å². The quantitative estimate of drug-likeness (QED) is 0.639. The van der Waals surface area contributed by atoms with Crippen molar-refractivity contribution in [3.63, 3.8) is 0 Å². The first-order chi connectivity index (χ1) is 5.52. The second-order valence-electron chi connectivity index (χ2n) is 2.35. The molecule has 0 aliphatic rings. The summed E-state index contributed by atoms with van der Waals surface area (Å²) >= 11 is 7.66. The molecule has 0 spiro atoms. The zero-order valence-corrected chi connectivity index (χ0v) is 9.18. The Balaban J connectivity index is 3.31. The van der Waals surface area contributed by atoms with Crippen LogP contribution in [0.4, 0.5) is 0 Å². The van der Waals surface area contributed by atoms with Crippen molar-refractivity contribution < 1.29 is 9.90 Å². The van der Waals surface area contributed by atoms with Crippen LogP contribution in [0.15, 0.2) is 12.1 Å². The van der Waals surface area contributed by atoms with Gasteiger partial charge in [-0.25, -0.2) is 0 Å². The molecule has 0 unspecified atom stereocenters. The van der Waals surface area contributed by atoms with Gasteiger partial charge in [-0.3, -0.25) is 4.79 Å². The third-order valence-electron chi connectivity index (χ3n) is 1.42. The summed E-state index contributed by atoms with van der Waals surface area (Å²) in [4.78, 5) is 10.9. The molecule has 2 nitrogen and oxygen atoms in total. The zero-order chi connectivity index (χ0) is 9.30. The van der Waals surface area contributed by atoms with Crippen LogP contribution in [0.1, 0.15) is 17.3 Å². The van der Waals surface area contributed by atoms with Crippen molar-refractivity contribution in [2.24, 2.45) is 0 Å². The molecule has 1 aromatic rings. The number of halogens is 2. The van der Waals surface area contributed by atoms with Gasteiger partial charge in [-0.2, -0.15) is 0 Å². The molecular formula is C8H6ClIO2. The van der Waals surface area contributed by atoms with E-state index in [1.165, 1.54) is 13.0 Å². The summed E-state index contributed by atoms with van der Waals surface area (Å²) in [5.74, 6) is -0.0584. The summed E-state index contributed by atoms with van der Waals surface area (Å²) in [6.45, 7) is 1.43. The van der Waals surface area contributed by atoms with Gasteiger partial charge in [-0.05, 0) is 41.6 Å². The number of hydrogen-bond acceptors (Lipinski definition) is 2. The van der Waals surface area contributed by atoms with Crippen LogP contribution in [0.2, 0.25) is 5.02 Å². The van der Waals surface area contributed by atoms with E-state index in [2.05, 4.69) is 0 Å². The lowest BCUT2D eigenvalue weighted by Gasteiger charge is -2.01. The Kier molecular flexibility index (Phi) is 2.95. The largest absolute Gasteiger partial charge is 0.507 e. The van der Waals surface area contributed by atoms with Crippen molar-refractivity contribution in [1.82, 2.24) is 0 Å². The van der Waals surface area contributed by atoms with E-state index < -0.39 is 0 Å². The second kappa shape index (κ2) is 3.62. The number of carbonyl (C=O) groups excluding carboxylic acids is 1. The van der Waals surface area contributed by atoms with Gasteiger partial charge < -0.3 is 5.11 Å². The average Bonchev–Trinajstić information content (AvgIpc) is 1.99. The van der Waals surface area contributed by atoms with Crippen molar-refractivity contribution >= 4 is 40.0 Å². The summed E-state index contributed by atoms with van der Waals surface area (Å²) in [7, 11) is 0. The second-order valence-corrected chi connectivity index (χ2v) is 3.83. The molecule has 1 aromatic carbocycles. The number of carbonyl (C=O) groups is 1. The van der Waals surface area contributed by atoms with Crippen molar-refractivity contribution in [1.29, 1.82) is 0 Å². The summed E-state index contributed by atoms with van der Waals surface area (Å²) in [5, 5.41) is 9.69. The van der Waals surface area contributed by atoms with Crippen LogP contribution < -0.4 is 0 Å². The summed E-state index contributed by atoms with van der Waals surface area (Å²) in [6.07, 6.45) is 0. The highest BCUT2D eigenvalue weighted by atomic mass is 127. The van der Waals surface area contributed by atoms with Crippen LogP contribution >= 0.6 is 34.2 Å². The van der Waals surface area contributed by atoms with E-state index in [9.17, 15) is 9.90 Å². The number of Topliss-reactive ketones (excluding diaryl/α,β-unsaturated/α-hetero) is 1. The fraction of sp³-hybridized carbons (Fsp3) is 0.125. The lowest BCUT2D eigenvalue weighted by Crippen LogP contribution is -1.92. The Morgan fingerprint density at radius 2 is 2.17 bits per heavy atom. The molecule has 0 fully saturated rings. The number of hydrogen-bond donors (Lipinski definition) is 1.